The van der Waals surface area contributed by atoms with Crippen molar-refractivity contribution in [1.29, 1.82) is 5.26 Å². The van der Waals surface area contributed by atoms with Gasteiger partial charge in [-0.25, -0.2) is 4.39 Å². The fraction of sp³-hybridized carbons (Fsp3) is 0.100. The highest BCUT2D eigenvalue weighted by atomic mass is 32.1. The molecule has 70 valence electrons. The van der Waals surface area contributed by atoms with Crippen molar-refractivity contribution >= 4 is 34.1 Å². The van der Waals surface area contributed by atoms with Gasteiger partial charge in [-0.1, -0.05) is 0 Å². The third-order valence-electron chi connectivity index (χ3n) is 1.87. The normalized spacial score (nSPS) is 10.4. The Morgan fingerprint density at radius 2 is 2.21 bits per heavy atom. The summed E-state index contributed by atoms with van der Waals surface area (Å²) in [5, 5.41) is 9.36. The molecule has 0 atom stereocenters. The molecule has 1 heterocycles. The molecule has 4 heteroatoms. The fourth-order valence-electron chi connectivity index (χ4n) is 1.32. The summed E-state index contributed by atoms with van der Waals surface area (Å²) in [4.78, 5) is 1.58. The van der Waals surface area contributed by atoms with E-state index >= 15 is 0 Å². The van der Waals surface area contributed by atoms with Crippen LogP contribution in [0.4, 0.5) is 4.39 Å². The minimum atomic E-state index is -0.288. The van der Waals surface area contributed by atoms with E-state index in [0.717, 1.165) is 15.0 Å². The predicted octanol–water partition coefficient (Wildman–Crippen LogP) is 3.40. The number of hydrogen-bond donors (Lipinski definition) is 1. The molecule has 0 saturated carbocycles. The smallest absolute Gasteiger partial charge is 0.125 e. The van der Waals surface area contributed by atoms with Crippen LogP contribution in [0, 0.1) is 17.1 Å². The lowest BCUT2D eigenvalue weighted by atomic mass is 10.2. The number of nitrogens with zero attached hydrogens (tertiary/aromatic N) is 1. The molecular weight excluding hydrogens is 217 g/mol. The standard InChI is InChI=1S/C10H6FNS2/c11-7-3-6-4-8(1-2-12)14-10(6)9(13)5-7/h3-5,13H,1H2. The molecule has 0 spiro atoms. The lowest BCUT2D eigenvalue weighted by Gasteiger charge is -1.93. The fourth-order valence-corrected chi connectivity index (χ4v) is 2.69. The van der Waals surface area contributed by atoms with E-state index in [4.69, 9.17) is 5.26 Å². The summed E-state index contributed by atoms with van der Waals surface area (Å²) in [7, 11) is 0. The second-order valence-corrected chi connectivity index (χ2v) is 4.51. The molecule has 0 saturated heterocycles. The Morgan fingerprint density at radius 3 is 2.93 bits per heavy atom. The number of thiophene rings is 1. The lowest BCUT2D eigenvalue weighted by molar-refractivity contribution is 0.627. The van der Waals surface area contributed by atoms with E-state index in [2.05, 4.69) is 18.7 Å². The Kier molecular flexibility index (Phi) is 2.44. The van der Waals surface area contributed by atoms with Crippen molar-refractivity contribution < 1.29 is 4.39 Å². The molecule has 1 aromatic carbocycles. The summed E-state index contributed by atoms with van der Waals surface area (Å²) >= 11 is 5.68. The third kappa shape index (κ3) is 1.61. The van der Waals surface area contributed by atoms with Crippen LogP contribution in [0.5, 0.6) is 0 Å². The molecule has 0 N–H and O–H groups in total. The predicted molar refractivity (Wildman–Crippen MR) is 58.4 cm³/mol. The average Bonchev–Trinajstić information content (AvgIpc) is 2.48. The van der Waals surface area contributed by atoms with Gasteiger partial charge in [-0.2, -0.15) is 5.26 Å². The number of hydrogen-bond acceptors (Lipinski definition) is 3. The first-order chi connectivity index (χ1) is 6.70. The number of rotatable bonds is 1. The molecule has 0 radical (unpaired) electrons. The van der Waals surface area contributed by atoms with E-state index < -0.39 is 0 Å². The van der Waals surface area contributed by atoms with Gasteiger partial charge in [0, 0.05) is 14.5 Å². The molecule has 1 aromatic heterocycles. The quantitative estimate of drug-likeness (QED) is 0.736. The van der Waals surface area contributed by atoms with Crippen LogP contribution in [-0.4, -0.2) is 0 Å². The van der Waals surface area contributed by atoms with Crippen LogP contribution < -0.4 is 0 Å². The van der Waals surface area contributed by atoms with E-state index in [1.165, 1.54) is 23.5 Å². The van der Waals surface area contributed by atoms with E-state index in [1.54, 1.807) is 0 Å². The second-order valence-electron chi connectivity index (χ2n) is 2.89. The van der Waals surface area contributed by atoms with Gasteiger partial charge < -0.3 is 0 Å². The first-order valence-corrected chi connectivity index (χ1v) is 5.25. The van der Waals surface area contributed by atoms with Crippen LogP contribution in [0.15, 0.2) is 23.1 Å². The Bertz CT molecular complexity index is 525. The van der Waals surface area contributed by atoms with Gasteiger partial charge in [0.15, 0.2) is 0 Å². The second kappa shape index (κ2) is 3.60. The van der Waals surface area contributed by atoms with Crippen LogP contribution in [0.25, 0.3) is 10.1 Å². The highest BCUT2D eigenvalue weighted by Gasteiger charge is 2.06. The van der Waals surface area contributed by atoms with Gasteiger partial charge in [-0.15, -0.1) is 24.0 Å². The molecule has 0 aliphatic carbocycles. The van der Waals surface area contributed by atoms with Crippen LogP contribution in [0.3, 0.4) is 0 Å². The third-order valence-corrected chi connectivity index (χ3v) is 3.55. The monoisotopic (exact) mass is 223 g/mol. The molecule has 0 amide bonds. The van der Waals surface area contributed by atoms with Crippen LogP contribution >= 0.6 is 24.0 Å². The van der Waals surface area contributed by atoms with Crippen molar-refractivity contribution in [2.24, 2.45) is 0 Å². The molecule has 0 aliphatic heterocycles. The van der Waals surface area contributed by atoms with Gasteiger partial charge in [-0.3, -0.25) is 0 Å². The van der Waals surface area contributed by atoms with Gasteiger partial charge in [0.05, 0.1) is 12.5 Å². The first kappa shape index (κ1) is 9.50. The van der Waals surface area contributed by atoms with Gasteiger partial charge in [0.25, 0.3) is 0 Å². The number of halogens is 1. The van der Waals surface area contributed by atoms with Gasteiger partial charge in [0.1, 0.15) is 5.82 Å². The zero-order valence-electron chi connectivity index (χ0n) is 7.12. The molecule has 0 bridgehead atoms. The number of fused-ring (bicyclic) bond motifs is 1. The van der Waals surface area contributed by atoms with E-state index in [-0.39, 0.29) is 5.82 Å². The summed E-state index contributed by atoms with van der Waals surface area (Å²) in [6.07, 6.45) is 0.369. The lowest BCUT2D eigenvalue weighted by Crippen LogP contribution is -1.73. The zero-order chi connectivity index (χ0) is 10.1. The van der Waals surface area contributed by atoms with Crippen molar-refractivity contribution in [1.82, 2.24) is 0 Å². The first-order valence-electron chi connectivity index (χ1n) is 3.98. The molecule has 0 fully saturated rings. The summed E-state index contributed by atoms with van der Waals surface area (Å²) in [6.45, 7) is 0. The molecule has 0 unspecified atom stereocenters. The maximum Gasteiger partial charge on any atom is 0.125 e. The summed E-state index contributed by atoms with van der Waals surface area (Å²) in [5.41, 5.74) is 0. The number of nitriles is 1. The van der Waals surface area contributed by atoms with Crippen LogP contribution in [0.2, 0.25) is 0 Å². The highest BCUT2D eigenvalue weighted by molar-refractivity contribution is 7.80. The topological polar surface area (TPSA) is 23.8 Å². The van der Waals surface area contributed by atoms with E-state index in [0.29, 0.717) is 11.3 Å². The van der Waals surface area contributed by atoms with E-state index in [9.17, 15) is 4.39 Å². The Morgan fingerprint density at radius 1 is 1.43 bits per heavy atom. The average molecular weight is 223 g/mol. The van der Waals surface area contributed by atoms with Crippen molar-refractivity contribution in [3.05, 3.63) is 28.9 Å². The van der Waals surface area contributed by atoms with Crippen LogP contribution in [-0.2, 0) is 6.42 Å². The van der Waals surface area contributed by atoms with Crippen molar-refractivity contribution in [2.45, 2.75) is 11.3 Å². The minimum absolute atomic E-state index is 0.288. The molecule has 0 aliphatic rings. The molecular formula is C10H6FNS2. The highest BCUT2D eigenvalue weighted by Crippen LogP contribution is 2.31. The minimum Gasteiger partial charge on any atom is -0.207 e. The molecule has 2 aromatic rings. The zero-order valence-corrected chi connectivity index (χ0v) is 8.83. The summed E-state index contributed by atoms with van der Waals surface area (Å²) in [5.74, 6) is -0.288. The van der Waals surface area contributed by atoms with Crippen molar-refractivity contribution in [3.8, 4) is 6.07 Å². The molecule has 1 nitrogen and oxygen atoms in total. The van der Waals surface area contributed by atoms with Gasteiger partial charge >= 0.3 is 0 Å². The van der Waals surface area contributed by atoms with Gasteiger partial charge in [-0.05, 0) is 23.6 Å². The van der Waals surface area contributed by atoms with E-state index in [1.807, 2.05) is 6.07 Å². The molecule has 2 rings (SSSR count). The summed E-state index contributed by atoms with van der Waals surface area (Å²) in [6, 6.07) is 6.76. The summed E-state index contributed by atoms with van der Waals surface area (Å²) < 4.78 is 13.9. The van der Waals surface area contributed by atoms with Crippen molar-refractivity contribution in [2.75, 3.05) is 0 Å². The molecule has 14 heavy (non-hydrogen) atoms. The Balaban J connectivity index is 2.66. The van der Waals surface area contributed by atoms with Crippen LogP contribution in [0.1, 0.15) is 4.88 Å². The number of thiol groups is 1. The maximum absolute atomic E-state index is 13.0. The van der Waals surface area contributed by atoms with Gasteiger partial charge in [0.2, 0.25) is 0 Å². The maximum atomic E-state index is 13.0. The number of benzene rings is 1. The Labute approximate surface area is 90.2 Å². The van der Waals surface area contributed by atoms with Crippen molar-refractivity contribution in [3.63, 3.8) is 0 Å². The Hall–Kier alpha value is -1.05. The largest absolute Gasteiger partial charge is 0.207 e. The SMILES string of the molecule is N#CCc1cc2cc(F)cc(S)c2s1.